The minimum atomic E-state index is 0.00152. The van der Waals surface area contributed by atoms with E-state index in [4.69, 9.17) is 5.73 Å². The van der Waals surface area contributed by atoms with Crippen molar-refractivity contribution in [3.63, 3.8) is 0 Å². The van der Waals surface area contributed by atoms with Gasteiger partial charge in [0.1, 0.15) is 0 Å². The Morgan fingerprint density at radius 1 is 0.966 bits per heavy atom. The maximum absolute atomic E-state index is 12.6. The first-order valence-corrected chi connectivity index (χ1v) is 10.3. The highest BCUT2D eigenvalue weighted by Gasteiger charge is 2.11. The Kier molecular flexibility index (Phi) is 7.39. The van der Waals surface area contributed by atoms with E-state index < -0.39 is 0 Å². The number of fused-ring (bicyclic) bond motifs is 1. The quantitative estimate of drug-likeness (QED) is 0.583. The minimum Gasteiger partial charge on any atom is -0.351 e. The van der Waals surface area contributed by atoms with Gasteiger partial charge in [-0.3, -0.25) is 4.79 Å². The molecule has 3 aromatic carbocycles. The van der Waals surface area contributed by atoms with Crippen molar-refractivity contribution in [1.29, 1.82) is 0 Å². The van der Waals surface area contributed by atoms with Gasteiger partial charge < -0.3 is 16.0 Å². The van der Waals surface area contributed by atoms with Crippen molar-refractivity contribution in [3.05, 3.63) is 82.9 Å². The highest BCUT2D eigenvalue weighted by molar-refractivity contribution is 6.01. The van der Waals surface area contributed by atoms with Crippen LogP contribution in [0, 0.1) is 6.92 Å². The Morgan fingerprint density at radius 2 is 1.69 bits per heavy atom. The number of carbonyl (C=O) groups is 1. The number of benzene rings is 3. The number of amides is 1. The molecule has 0 aliphatic heterocycles. The van der Waals surface area contributed by atoms with E-state index in [1.54, 1.807) is 0 Å². The van der Waals surface area contributed by atoms with Gasteiger partial charge in [-0.25, -0.2) is 0 Å². The zero-order valence-electron chi connectivity index (χ0n) is 17.4. The number of nitrogens with one attached hydrogen (secondary N) is 1. The molecule has 4 heteroatoms. The molecule has 0 aliphatic rings. The number of aryl methyl sites for hydroxylation is 2. The van der Waals surface area contributed by atoms with Gasteiger partial charge in [0.25, 0.3) is 5.91 Å². The summed E-state index contributed by atoms with van der Waals surface area (Å²) in [5.41, 5.74) is 9.95. The zero-order valence-corrected chi connectivity index (χ0v) is 17.4. The van der Waals surface area contributed by atoms with Gasteiger partial charge in [-0.05, 0) is 66.9 Å². The van der Waals surface area contributed by atoms with Crippen LogP contribution >= 0.6 is 0 Å². The van der Waals surface area contributed by atoms with Crippen LogP contribution in [0.4, 0.5) is 0 Å². The third-order valence-electron chi connectivity index (χ3n) is 5.49. The molecule has 0 radical (unpaired) electrons. The second-order valence-corrected chi connectivity index (χ2v) is 7.64. The fourth-order valence-electron chi connectivity index (χ4n) is 3.64. The lowest BCUT2D eigenvalue weighted by Crippen LogP contribution is -2.33. The molecule has 0 fully saturated rings. The summed E-state index contributed by atoms with van der Waals surface area (Å²) in [5.74, 6) is 0.00152. The predicted molar refractivity (Wildman–Crippen MR) is 121 cm³/mol. The van der Waals surface area contributed by atoms with Crippen LogP contribution in [-0.2, 0) is 13.0 Å². The van der Waals surface area contributed by atoms with Gasteiger partial charge in [0.05, 0.1) is 0 Å². The van der Waals surface area contributed by atoms with Crippen LogP contribution < -0.4 is 11.1 Å². The van der Waals surface area contributed by atoms with Crippen LogP contribution in [0.15, 0.2) is 60.7 Å². The molecule has 152 valence electrons. The topological polar surface area (TPSA) is 58.4 Å². The van der Waals surface area contributed by atoms with E-state index >= 15 is 0 Å². The maximum atomic E-state index is 12.6. The first kappa shape index (κ1) is 21.0. The van der Waals surface area contributed by atoms with Crippen LogP contribution in [0.25, 0.3) is 10.8 Å². The lowest BCUT2D eigenvalue weighted by molar-refractivity contribution is 0.0949. The van der Waals surface area contributed by atoms with Gasteiger partial charge in [0.2, 0.25) is 0 Å². The van der Waals surface area contributed by atoms with E-state index in [1.807, 2.05) is 31.2 Å². The van der Waals surface area contributed by atoms with E-state index in [0.29, 0.717) is 13.1 Å². The number of nitrogens with two attached hydrogens (primary N) is 1. The van der Waals surface area contributed by atoms with Crippen LogP contribution in [0.1, 0.15) is 33.5 Å². The highest BCUT2D eigenvalue weighted by Crippen LogP contribution is 2.21. The molecule has 1 amide bonds. The molecule has 0 aromatic heterocycles. The van der Waals surface area contributed by atoms with Crippen molar-refractivity contribution in [2.24, 2.45) is 5.73 Å². The first-order chi connectivity index (χ1) is 14.1. The summed E-state index contributed by atoms with van der Waals surface area (Å²) in [6.07, 6.45) is 2.15. The fraction of sp³-hybridized carbons (Fsp3) is 0.320. The number of hydrogen-bond acceptors (Lipinski definition) is 3. The number of hydrogen-bond donors (Lipinski definition) is 2. The Hall–Kier alpha value is -2.69. The van der Waals surface area contributed by atoms with Gasteiger partial charge in [0.15, 0.2) is 0 Å². The lowest BCUT2D eigenvalue weighted by atomic mass is 10.00. The van der Waals surface area contributed by atoms with E-state index in [-0.39, 0.29) is 5.91 Å². The maximum Gasteiger partial charge on any atom is 0.251 e. The summed E-state index contributed by atoms with van der Waals surface area (Å²) >= 11 is 0. The summed E-state index contributed by atoms with van der Waals surface area (Å²) in [6, 6.07) is 20.6. The third-order valence-corrected chi connectivity index (χ3v) is 5.49. The van der Waals surface area contributed by atoms with Gasteiger partial charge >= 0.3 is 0 Å². The summed E-state index contributed by atoms with van der Waals surface area (Å²) in [4.78, 5) is 14.9. The van der Waals surface area contributed by atoms with E-state index in [1.165, 1.54) is 16.5 Å². The Labute approximate surface area is 173 Å². The molecule has 0 saturated heterocycles. The molecular formula is C25H31N3O. The van der Waals surface area contributed by atoms with E-state index in [0.717, 1.165) is 42.4 Å². The number of likely N-dealkylation sites (N-methyl/N-ethyl adjacent to an activating group) is 1. The van der Waals surface area contributed by atoms with Crippen LogP contribution in [-0.4, -0.2) is 37.5 Å². The van der Waals surface area contributed by atoms with E-state index in [9.17, 15) is 4.79 Å². The fourth-order valence-corrected chi connectivity index (χ4v) is 3.64. The molecule has 3 rings (SSSR count). The number of nitrogens with zero attached hydrogens (tertiary/aromatic N) is 1. The molecule has 0 atom stereocenters. The molecule has 4 nitrogen and oxygen atoms in total. The SMILES string of the molecule is Cc1c(C(=O)NCCN(C)CCCc2ccc(CN)cc2)ccc2ccccc12. The normalized spacial score (nSPS) is 11.2. The van der Waals surface area contributed by atoms with Gasteiger partial charge in [-0.15, -0.1) is 0 Å². The molecule has 0 heterocycles. The van der Waals surface area contributed by atoms with Crippen molar-refractivity contribution >= 4 is 16.7 Å². The minimum absolute atomic E-state index is 0.00152. The first-order valence-electron chi connectivity index (χ1n) is 10.3. The standard InChI is InChI=1S/C25H31N3O/c1-19-23-8-4-3-7-22(23)13-14-24(19)25(29)27-15-17-28(2)16-5-6-20-9-11-21(18-26)12-10-20/h3-4,7-14H,5-6,15-18,26H2,1-2H3,(H,27,29). The third kappa shape index (κ3) is 5.66. The van der Waals surface area contributed by atoms with Crippen LogP contribution in [0.5, 0.6) is 0 Å². The summed E-state index contributed by atoms with van der Waals surface area (Å²) in [7, 11) is 2.10. The van der Waals surface area contributed by atoms with Crippen molar-refractivity contribution in [3.8, 4) is 0 Å². The van der Waals surface area contributed by atoms with Gasteiger partial charge in [0, 0.05) is 25.2 Å². The molecule has 3 N–H and O–H groups in total. The average Bonchev–Trinajstić information content (AvgIpc) is 2.74. The zero-order chi connectivity index (χ0) is 20.6. The Bertz CT molecular complexity index is 950. The molecule has 0 unspecified atom stereocenters. The second-order valence-electron chi connectivity index (χ2n) is 7.64. The highest BCUT2D eigenvalue weighted by atomic mass is 16.1. The average molecular weight is 390 g/mol. The summed E-state index contributed by atoms with van der Waals surface area (Å²) < 4.78 is 0. The summed E-state index contributed by atoms with van der Waals surface area (Å²) in [5, 5.41) is 5.37. The van der Waals surface area contributed by atoms with Crippen molar-refractivity contribution in [2.45, 2.75) is 26.3 Å². The molecule has 0 spiro atoms. The Morgan fingerprint density at radius 3 is 2.45 bits per heavy atom. The molecule has 0 saturated carbocycles. The van der Waals surface area contributed by atoms with Crippen LogP contribution in [0.3, 0.4) is 0 Å². The largest absolute Gasteiger partial charge is 0.351 e. The summed E-state index contributed by atoms with van der Waals surface area (Å²) in [6.45, 7) is 5.09. The molecule has 3 aromatic rings. The van der Waals surface area contributed by atoms with Gasteiger partial charge in [-0.1, -0.05) is 54.6 Å². The number of rotatable bonds is 9. The number of carbonyl (C=O) groups excluding carboxylic acids is 1. The van der Waals surface area contributed by atoms with Crippen molar-refractivity contribution in [2.75, 3.05) is 26.7 Å². The van der Waals surface area contributed by atoms with Crippen LogP contribution in [0.2, 0.25) is 0 Å². The smallest absolute Gasteiger partial charge is 0.251 e. The monoisotopic (exact) mass is 389 g/mol. The predicted octanol–water partition coefficient (Wildman–Crippen LogP) is 3.90. The van der Waals surface area contributed by atoms with Gasteiger partial charge in [-0.2, -0.15) is 0 Å². The molecule has 0 aliphatic carbocycles. The molecule has 0 bridgehead atoms. The Balaban J connectivity index is 1.42. The molecular weight excluding hydrogens is 358 g/mol. The second kappa shape index (κ2) is 10.2. The van der Waals surface area contributed by atoms with Crippen molar-refractivity contribution in [1.82, 2.24) is 10.2 Å². The van der Waals surface area contributed by atoms with E-state index in [2.05, 4.69) is 53.7 Å². The molecule has 29 heavy (non-hydrogen) atoms. The van der Waals surface area contributed by atoms with Crippen molar-refractivity contribution < 1.29 is 4.79 Å². The lowest BCUT2D eigenvalue weighted by Gasteiger charge is -2.17.